The summed E-state index contributed by atoms with van der Waals surface area (Å²) in [6.07, 6.45) is 2.06. The van der Waals surface area contributed by atoms with Gasteiger partial charge in [-0.1, -0.05) is 0 Å². The fraction of sp³-hybridized carbons (Fsp3) is 1.00. The fourth-order valence-electron chi connectivity index (χ4n) is 1.19. The standard InChI is InChI=1S/C7H16N2O/c10-6-2-1-4-9-5-3-8-7-9/h8,10H,1-7H2. The second kappa shape index (κ2) is 4.66. The van der Waals surface area contributed by atoms with Crippen LogP contribution in [0.4, 0.5) is 0 Å². The SMILES string of the molecule is OCCCCN1CCNC1. The van der Waals surface area contributed by atoms with E-state index in [-0.39, 0.29) is 0 Å². The van der Waals surface area contributed by atoms with Gasteiger partial charge in [0.05, 0.1) is 0 Å². The predicted molar refractivity (Wildman–Crippen MR) is 40.8 cm³/mol. The van der Waals surface area contributed by atoms with E-state index in [4.69, 9.17) is 5.11 Å². The van der Waals surface area contributed by atoms with Crippen LogP contribution in [0.5, 0.6) is 0 Å². The first-order valence-electron chi connectivity index (χ1n) is 3.97. The highest BCUT2D eigenvalue weighted by atomic mass is 16.2. The summed E-state index contributed by atoms with van der Waals surface area (Å²) in [4.78, 5) is 2.37. The molecule has 1 rings (SSSR count). The third-order valence-electron chi connectivity index (χ3n) is 1.82. The van der Waals surface area contributed by atoms with E-state index in [1.807, 2.05) is 0 Å². The van der Waals surface area contributed by atoms with Crippen LogP contribution in [-0.2, 0) is 0 Å². The Hall–Kier alpha value is -0.120. The Morgan fingerprint density at radius 2 is 2.30 bits per heavy atom. The molecule has 0 bridgehead atoms. The molecule has 3 nitrogen and oxygen atoms in total. The highest BCUT2D eigenvalue weighted by molar-refractivity contribution is 4.64. The molecule has 0 aromatic rings. The maximum Gasteiger partial charge on any atom is 0.0481 e. The van der Waals surface area contributed by atoms with Crippen LogP contribution in [0.25, 0.3) is 0 Å². The quantitative estimate of drug-likeness (QED) is 0.528. The van der Waals surface area contributed by atoms with Gasteiger partial charge in [0.2, 0.25) is 0 Å². The molecule has 3 heteroatoms. The molecule has 1 aliphatic heterocycles. The van der Waals surface area contributed by atoms with Crippen LogP contribution in [0.1, 0.15) is 12.8 Å². The maximum absolute atomic E-state index is 8.51. The average Bonchev–Trinajstić information content (AvgIpc) is 2.41. The Kier molecular flexibility index (Phi) is 3.72. The van der Waals surface area contributed by atoms with E-state index in [0.717, 1.165) is 32.6 Å². The van der Waals surface area contributed by atoms with E-state index in [1.165, 1.54) is 6.54 Å². The zero-order valence-corrected chi connectivity index (χ0v) is 6.34. The molecule has 1 heterocycles. The van der Waals surface area contributed by atoms with Crippen molar-refractivity contribution in [2.24, 2.45) is 0 Å². The lowest BCUT2D eigenvalue weighted by atomic mass is 10.3. The Labute approximate surface area is 62.0 Å². The van der Waals surface area contributed by atoms with Crippen LogP contribution in [0, 0.1) is 0 Å². The van der Waals surface area contributed by atoms with Gasteiger partial charge in [-0.3, -0.25) is 4.90 Å². The van der Waals surface area contributed by atoms with Gasteiger partial charge in [-0.05, 0) is 19.4 Å². The van der Waals surface area contributed by atoms with Gasteiger partial charge >= 0.3 is 0 Å². The average molecular weight is 144 g/mol. The minimum Gasteiger partial charge on any atom is -0.396 e. The monoisotopic (exact) mass is 144 g/mol. The zero-order chi connectivity index (χ0) is 7.23. The molecule has 10 heavy (non-hydrogen) atoms. The molecule has 0 aliphatic carbocycles. The summed E-state index contributed by atoms with van der Waals surface area (Å²) in [7, 11) is 0. The summed E-state index contributed by atoms with van der Waals surface area (Å²) in [6.45, 7) is 4.80. The van der Waals surface area contributed by atoms with Crippen LogP contribution < -0.4 is 5.32 Å². The number of unbranched alkanes of at least 4 members (excludes halogenated alkanes) is 1. The van der Waals surface area contributed by atoms with Crippen LogP contribution in [-0.4, -0.2) is 42.9 Å². The van der Waals surface area contributed by atoms with E-state index in [0.29, 0.717) is 6.61 Å². The molecule has 0 aromatic carbocycles. The van der Waals surface area contributed by atoms with Gasteiger partial charge in [-0.15, -0.1) is 0 Å². The molecule has 60 valence electrons. The predicted octanol–water partition coefficient (Wildman–Crippen LogP) is -0.378. The molecule has 1 aliphatic rings. The lowest BCUT2D eigenvalue weighted by Crippen LogP contribution is -2.23. The highest BCUT2D eigenvalue weighted by Crippen LogP contribution is 1.96. The Balaban J connectivity index is 1.91. The van der Waals surface area contributed by atoms with E-state index in [1.54, 1.807) is 0 Å². The van der Waals surface area contributed by atoms with Crippen LogP contribution in [0.15, 0.2) is 0 Å². The molecular formula is C7H16N2O. The number of aliphatic hydroxyl groups is 1. The van der Waals surface area contributed by atoms with Crippen molar-refractivity contribution >= 4 is 0 Å². The van der Waals surface area contributed by atoms with E-state index >= 15 is 0 Å². The van der Waals surface area contributed by atoms with Crippen molar-refractivity contribution in [2.45, 2.75) is 12.8 Å². The van der Waals surface area contributed by atoms with Gasteiger partial charge in [-0.25, -0.2) is 0 Å². The van der Waals surface area contributed by atoms with Gasteiger partial charge in [0.1, 0.15) is 0 Å². The van der Waals surface area contributed by atoms with Gasteiger partial charge in [0.15, 0.2) is 0 Å². The normalized spacial score (nSPS) is 20.1. The van der Waals surface area contributed by atoms with Crippen LogP contribution in [0.3, 0.4) is 0 Å². The third-order valence-corrected chi connectivity index (χ3v) is 1.82. The second-order valence-corrected chi connectivity index (χ2v) is 2.71. The molecule has 1 saturated heterocycles. The molecule has 0 amide bonds. The third kappa shape index (κ3) is 2.64. The molecule has 0 saturated carbocycles. The number of nitrogens with one attached hydrogen (secondary N) is 1. The lowest BCUT2D eigenvalue weighted by Gasteiger charge is -2.11. The van der Waals surface area contributed by atoms with Crippen molar-refractivity contribution in [3.05, 3.63) is 0 Å². The van der Waals surface area contributed by atoms with Gasteiger partial charge in [-0.2, -0.15) is 0 Å². The summed E-state index contributed by atoms with van der Waals surface area (Å²) in [5.41, 5.74) is 0. The smallest absolute Gasteiger partial charge is 0.0481 e. The zero-order valence-electron chi connectivity index (χ0n) is 6.34. The summed E-state index contributed by atoms with van der Waals surface area (Å²) in [6, 6.07) is 0. The van der Waals surface area contributed by atoms with Crippen molar-refractivity contribution in [3.63, 3.8) is 0 Å². The molecule has 0 unspecified atom stereocenters. The van der Waals surface area contributed by atoms with Gasteiger partial charge in [0.25, 0.3) is 0 Å². The molecule has 0 spiro atoms. The maximum atomic E-state index is 8.51. The lowest BCUT2D eigenvalue weighted by molar-refractivity contribution is 0.263. The van der Waals surface area contributed by atoms with Crippen molar-refractivity contribution in [1.29, 1.82) is 0 Å². The van der Waals surface area contributed by atoms with E-state index in [9.17, 15) is 0 Å². The second-order valence-electron chi connectivity index (χ2n) is 2.71. The Bertz CT molecular complexity index is 81.7. The summed E-state index contributed by atoms with van der Waals surface area (Å²) >= 11 is 0. The molecule has 0 atom stereocenters. The molecule has 0 aromatic heterocycles. The number of hydrogen-bond acceptors (Lipinski definition) is 3. The minimum atomic E-state index is 0.335. The Morgan fingerprint density at radius 1 is 1.40 bits per heavy atom. The summed E-state index contributed by atoms with van der Waals surface area (Å²) in [5.74, 6) is 0. The minimum absolute atomic E-state index is 0.335. The molecule has 0 radical (unpaired) electrons. The molecule has 1 fully saturated rings. The first-order valence-corrected chi connectivity index (χ1v) is 3.97. The Morgan fingerprint density at radius 3 is 2.90 bits per heavy atom. The summed E-state index contributed by atoms with van der Waals surface area (Å²) < 4.78 is 0. The van der Waals surface area contributed by atoms with Crippen molar-refractivity contribution in [1.82, 2.24) is 10.2 Å². The van der Waals surface area contributed by atoms with E-state index in [2.05, 4.69) is 10.2 Å². The molecular weight excluding hydrogens is 128 g/mol. The highest BCUT2D eigenvalue weighted by Gasteiger charge is 2.08. The van der Waals surface area contributed by atoms with Crippen LogP contribution >= 0.6 is 0 Å². The largest absolute Gasteiger partial charge is 0.396 e. The van der Waals surface area contributed by atoms with Crippen LogP contribution in [0.2, 0.25) is 0 Å². The first kappa shape index (κ1) is 7.98. The van der Waals surface area contributed by atoms with E-state index < -0.39 is 0 Å². The first-order chi connectivity index (χ1) is 4.93. The van der Waals surface area contributed by atoms with Crippen molar-refractivity contribution in [2.75, 3.05) is 32.9 Å². The number of hydrogen-bond donors (Lipinski definition) is 2. The van der Waals surface area contributed by atoms with Crippen molar-refractivity contribution < 1.29 is 5.11 Å². The number of aliphatic hydroxyl groups excluding tert-OH is 1. The molecule has 2 N–H and O–H groups in total. The topological polar surface area (TPSA) is 35.5 Å². The fourth-order valence-corrected chi connectivity index (χ4v) is 1.19. The van der Waals surface area contributed by atoms with Gasteiger partial charge in [0, 0.05) is 26.4 Å². The van der Waals surface area contributed by atoms with Crippen molar-refractivity contribution in [3.8, 4) is 0 Å². The number of nitrogens with zero attached hydrogens (tertiary/aromatic N) is 1. The number of rotatable bonds is 4. The summed E-state index contributed by atoms with van der Waals surface area (Å²) in [5, 5.41) is 11.8. The van der Waals surface area contributed by atoms with Gasteiger partial charge < -0.3 is 10.4 Å².